The van der Waals surface area contributed by atoms with Crippen LogP contribution in [0.1, 0.15) is 25.8 Å². The Hall–Kier alpha value is -1.02. The molecule has 1 aliphatic rings. The van der Waals surface area contributed by atoms with Gasteiger partial charge < -0.3 is 10.2 Å². The molecule has 1 aromatic rings. The van der Waals surface area contributed by atoms with E-state index >= 15 is 0 Å². The molecule has 1 heterocycles. The second-order valence-corrected chi connectivity index (χ2v) is 5.13. The van der Waals surface area contributed by atoms with E-state index in [2.05, 4.69) is 48.3 Å². The van der Waals surface area contributed by atoms with E-state index in [1.165, 1.54) is 37.2 Å². The molecule has 0 bridgehead atoms. The third-order valence-electron chi connectivity index (χ3n) is 3.43. The van der Waals surface area contributed by atoms with Crippen LogP contribution in [0.3, 0.4) is 0 Å². The van der Waals surface area contributed by atoms with E-state index in [-0.39, 0.29) is 0 Å². The van der Waals surface area contributed by atoms with E-state index < -0.39 is 0 Å². The van der Waals surface area contributed by atoms with Gasteiger partial charge in [0.05, 0.1) is 0 Å². The summed E-state index contributed by atoms with van der Waals surface area (Å²) < 4.78 is 0. The highest BCUT2D eigenvalue weighted by atomic mass is 15.1. The molecule has 0 amide bonds. The lowest BCUT2D eigenvalue weighted by atomic mass is 10.1. The Morgan fingerprint density at radius 3 is 3.00 bits per heavy atom. The van der Waals surface area contributed by atoms with E-state index in [1.54, 1.807) is 0 Å². The minimum atomic E-state index is 0.715. The molecule has 0 spiro atoms. The molecule has 0 aliphatic carbocycles. The third kappa shape index (κ3) is 3.22. The maximum absolute atomic E-state index is 3.51. The van der Waals surface area contributed by atoms with Crippen LogP contribution in [-0.4, -0.2) is 26.2 Å². The molecule has 1 unspecified atom stereocenters. The maximum Gasteiger partial charge on any atom is 0.0399 e. The largest absolute Gasteiger partial charge is 0.371 e. The van der Waals surface area contributed by atoms with Gasteiger partial charge in [-0.25, -0.2) is 0 Å². The van der Waals surface area contributed by atoms with Crippen molar-refractivity contribution in [2.24, 2.45) is 5.92 Å². The fourth-order valence-electron chi connectivity index (χ4n) is 2.56. The summed E-state index contributed by atoms with van der Waals surface area (Å²) in [5.41, 5.74) is 2.97. The predicted molar refractivity (Wildman–Crippen MR) is 74.7 cm³/mol. The summed E-state index contributed by atoms with van der Waals surface area (Å²) in [7, 11) is 0. The average Bonchev–Trinajstić information content (AvgIpc) is 2.73. The molecular weight excluding hydrogens is 208 g/mol. The molecular formula is C15H24N2. The highest BCUT2D eigenvalue weighted by molar-refractivity contribution is 5.57. The molecule has 2 heteroatoms. The van der Waals surface area contributed by atoms with Crippen molar-refractivity contribution in [1.29, 1.82) is 0 Å². The molecule has 0 fully saturated rings. The zero-order valence-corrected chi connectivity index (χ0v) is 11.1. The number of nitrogens with zero attached hydrogens (tertiary/aromatic N) is 1. The van der Waals surface area contributed by atoms with Crippen LogP contribution in [0.2, 0.25) is 0 Å². The molecule has 94 valence electrons. The van der Waals surface area contributed by atoms with Gasteiger partial charge in [0, 0.05) is 18.8 Å². The van der Waals surface area contributed by atoms with Crippen molar-refractivity contribution in [3.8, 4) is 0 Å². The first-order chi connectivity index (χ1) is 8.31. The van der Waals surface area contributed by atoms with Crippen molar-refractivity contribution in [2.45, 2.75) is 26.7 Å². The van der Waals surface area contributed by atoms with Gasteiger partial charge in [-0.3, -0.25) is 0 Å². The zero-order valence-electron chi connectivity index (χ0n) is 11.1. The van der Waals surface area contributed by atoms with E-state index in [0.29, 0.717) is 5.92 Å². The van der Waals surface area contributed by atoms with Gasteiger partial charge in [0.1, 0.15) is 0 Å². The summed E-state index contributed by atoms with van der Waals surface area (Å²) in [5, 5.41) is 3.51. The molecule has 17 heavy (non-hydrogen) atoms. The minimum Gasteiger partial charge on any atom is -0.371 e. The van der Waals surface area contributed by atoms with Gasteiger partial charge in [-0.1, -0.05) is 32.0 Å². The Morgan fingerprint density at radius 2 is 2.18 bits per heavy atom. The van der Waals surface area contributed by atoms with Crippen molar-refractivity contribution in [3.63, 3.8) is 0 Å². The Balaban J connectivity index is 1.84. The first-order valence-corrected chi connectivity index (χ1v) is 6.85. The SMILES string of the molecule is CCCNCC(C)CN1CCc2ccccc21. The number of benzene rings is 1. The molecule has 0 radical (unpaired) electrons. The Bertz CT molecular complexity index is 349. The average molecular weight is 232 g/mol. The van der Waals surface area contributed by atoms with E-state index in [0.717, 1.165) is 13.1 Å². The van der Waals surface area contributed by atoms with Gasteiger partial charge in [-0.2, -0.15) is 0 Å². The molecule has 1 aromatic carbocycles. The van der Waals surface area contributed by atoms with Crippen molar-refractivity contribution in [2.75, 3.05) is 31.1 Å². The van der Waals surface area contributed by atoms with Gasteiger partial charge >= 0.3 is 0 Å². The molecule has 0 aromatic heterocycles. The third-order valence-corrected chi connectivity index (χ3v) is 3.43. The number of hydrogen-bond donors (Lipinski definition) is 1. The number of fused-ring (bicyclic) bond motifs is 1. The summed E-state index contributed by atoms with van der Waals surface area (Å²) >= 11 is 0. The van der Waals surface area contributed by atoms with Gasteiger partial charge in [-0.05, 0) is 43.5 Å². The minimum absolute atomic E-state index is 0.715. The smallest absolute Gasteiger partial charge is 0.0399 e. The van der Waals surface area contributed by atoms with Gasteiger partial charge in [0.15, 0.2) is 0 Å². The predicted octanol–water partition coefficient (Wildman–Crippen LogP) is 2.68. The van der Waals surface area contributed by atoms with E-state index in [4.69, 9.17) is 0 Å². The summed E-state index contributed by atoms with van der Waals surface area (Å²) in [4.78, 5) is 2.54. The Morgan fingerprint density at radius 1 is 1.35 bits per heavy atom. The molecule has 1 atom stereocenters. The van der Waals surface area contributed by atoms with E-state index in [1.807, 2.05) is 0 Å². The summed E-state index contributed by atoms with van der Waals surface area (Å²) in [5.74, 6) is 0.715. The summed E-state index contributed by atoms with van der Waals surface area (Å²) in [6.45, 7) is 9.19. The van der Waals surface area contributed by atoms with Crippen LogP contribution in [0.5, 0.6) is 0 Å². The van der Waals surface area contributed by atoms with Crippen molar-refractivity contribution in [1.82, 2.24) is 5.32 Å². The standard InChI is InChI=1S/C15H24N2/c1-3-9-16-11-13(2)12-17-10-8-14-6-4-5-7-15(14)17/h4-7,13,16H,3,8-12H2,1-2H3. The van der Waals surface area contributed by atoms with Crippen LogP contribution in [0.4, 0.5) is 5.69 Å². The van der Waals surface area contributed by atoms with Gasteiger partial charge in [0.25, 0.3) is 0 Å². The number of rotatable bonds is 6. The van der Waals surface area contributed by atoms with Crippen molar-refractivity contribution >= 4 is 5.69 Å². The monoisotopic (exact) mass is 232 g/mol. The fourth-order valence-corrected chi connectivity index (χ4v) is 2.56. The van der Waals surface area contributed by atoms with Crippen LogP contribution >= 0.6 is 0 Å². The number of nitrogens with one attached hydrogen (secondary N) is 1. The van der Waals surface area contributed by atoms with Crippen LogP contribution in [0, 0.1) is 5.92 Å². The fraction of sp³-hybridized carbons (Fsp3) is 0.600. The zero-order chi connectivity index (χ0) is 12.1. The number of anilines is 1. The highest BCUT2D eigenvalue weighted by Crippen LogP contribution is 2.27. The molecule has 0 saturated carbocycles. The summed E-state index contributed by atoms with van der Waals surface area (Å²) in [6, 6.07) is 8.82. The highest BCUT2D eigenvalue weighted by Gasteiger charge is 2.19. The molecule has 1 aliphatic heterocycles. The van der Waals surface area contributed by atoms with Crippen LogP contribution in [-0.2, 0) is 6.42 Å². The van der Waals surface area contributed by atoms with Crippen molar-refractivity contribution in [3.05, 3.63) is 29.8 Å². The van der Waals surface area contributed by atoms with Crippen LogP contribution in [0.25, 0.3) is 0 Å². The first-order valence-electron chi connectivity index (χ1n) is 6.85. The van der Waals surface area contributed by atoms with E-state index in [9.17, 15) is 0 Å². The molecule has 1 N–H and O–H groups in total. The quantitative estimate of drug-likeness (QED) is 0.759. The lowest BCUT2D eigenvalue weighted by Crippen LogP contribution is -2.32. The summed E-state index contributed by atoms with van der Waals surface area (Å²) in [6.07, 6.45) is 2.44. The second kappa shape index (κ2) is 6.06. The molecule has 0 saturated heterocycles. The van der Waals surface area contributed by atoms with Gasteiger partial charge in [-0.15, -0.1) is 0 Å². The molecule has 2 nitrogen and oxygen atoms in total. The number of hydrogen-bond acceptors (Lipinski definition) is 2. The maximum atomic E-state index is 3.51. The topological polar surface area (TPSA) is 15.3 Å². The lowest BCUT2D eigenvalue weighted by Gasteiger charge is -2.23. The lowest BCUT2D eigenvalue weighted by molar-refractivity contribution is 0.507. The number of para-hydroxylation sites is 1. The first kappa shape index (κ1) is 12.4. The Labute approximate surface area is 105 Å². The normalized spacial score (nSPS) is 16.0. The van der Waals surface area contributed by atoms with Crippen molar-refractivity contribution < 1.29 is 0 Å². The Kier molecular flexibility index (Phi) is 4.43. The van der Waals surface area contributed by atoms with Crippen LogP contribution in [0.15, 0.2) is 24.3 Å². The molecule has 2 rings (SSSR count). The van der Waals surface area contributed by atoms with Gasteiger partial charge in [0.2, 0.25) is 0 Å². The van der Waals surface area contributed by atoms with Crippen LogP contribution < -0.4 is 10.2 Å². The second-order valence-electron chi connectivity index (χ2n) is 5.13.